The zero-order valence-electron chi connectivity index (χ0n) is 19.5. The maximum Gasteiger partial charge on any atom is 0.261 e. The van der Waals surface area contributed by atoms with Gasteiger partial charge in [-0.15, -0.1) is 0 Å². The van der Waals surface area contributed by atoms with Crippen LogP contribution in [0, 0.1) is 0 Å². The molecular weight excluding hydrogens is 388 g/mol. The van der Waals surface area contributed by atoms with Gasteiger partial charge in [0.1, 0.15) is 11.8 Å². The van der Waals surface area contributed by atoms with Crippen LogP contribution in [0.15, 0.2) is 54.6 Å². The molecule has 0 spiro atoms. The van der Waals surface area contributed by atoms with Crippen LogP contribution in [0.4, 0.5) is 0 Å². The molecule has 5 nitrogen and oxygen atoms in total. The molecule has 0 saturated heterocycles. The zero-order chi connectivity index (χ0) is 22.9. The smallest absolute Gasteiger partial charge is 0.261 e. The van der Waals surface area contributed by atoms with Gasteiger partial charge >= 0.3 is 0 Å². The maximum absolute atomic E-state index is 13.1. The minimum atomic E-state index is -0.566. The van der Waals surface area contributed by atoms with E-state index in [1.165, 1.54) is 0 Å². The van der Waals surface area contributed by atoms with Gasteiger partial charge in [-0.25, -0.2) is 0 Å². The van der Waals surface area contributed by atoms with E-state index in [4.69, 9.17) is 4.74 Å². The van der Waals surface area contributed by atoms with E-state index in [1.807, 2.05) is 61.5 Å². The summed E-state index contributed by atoms with van der Waals surface area (Å²) in [4.78, 5) is 27.3. The van der Waals surface area contributed by atoms with Gasteiger partial charge in [-0.2, -0.15) is 0 Å². The van der Waals surface area contributed by atoms with Crippen molar-refractivity contribution in [3.8, 4) is 5.75 Å². The van der Waals surface area contributed by atoms with Crippen LogP contribution >= 0.6 is 0 Å². The third-order valence-electron chi connectivity index (χ3n) is 5.25. The van der Waals surface area contributed by atoms with Crippen LogP contribution in [0.5, 0.6) is 5.75 Å². The Bertz CT molecular complexity index is 843. The third-order valence-corrected chi connectivity index (χ3v) is 5.25. The molecule has 2 aromatic rings. The Balaban J connectivity index is 2.13. The van der Waals surface area contributed by atoms with Crippen molar-refractivity contribution >= 4 is 11.8 Å². The lowest BCUT2D eigenvalue weighted by Gasteiger charge is -2.29. The van der Waals surface area contributed by atoms with Gasteiger partial charge in [0.05, 0.1) is 0 Å². The second kappa shape index (κ2) is 11.5. The van der Waals surface area contributed by atoms with Crippen molar-refractivity contribution < 1.29 is 14.3 Å². The average Bonchev–Trinajstić information content (AvgIpc) is 2.76. The van der Waals surface area contributed by atoms with E-state index < -0.39 is 6.04 Å². The number of nitrogens with zero attached hydrogens (tertiary/aromatic N) is 1. The minimum Gasteiger partial charge on any atom is -0.483 e. The summed E-state index contributed by atoms with van der Waals surface area (Å²) in [6.07, 6.45) is 1.53. The van der Waals surface area contributed by atoms with Crippen LogP contribution in [0.3, 0.4) is 0 Å². The lowest BCUT2D eigenvalue weighted by Crippen LogP contribution is -2.50. The Morgan fingerprint density at radius 1 is 1.03 bits per heavy atom. The van der Waals surface area contributed by atoms with Crippen molar-refractivity contribution in [2.24, 2.45) is 0 Å². The Morgan fingerprint density at radius 3 is 2.32 bits per heavy atom. The van der Waals surface area contributed by atoms with Gasteiger partial charge in [-0.1, -0.05) is 76.2 Å². The molecule has 0 aliphatic heterocycles. The first kappa shape index (κ1) is 24.4. The summed E-state index contributed by atoms with van der Waals surface area (Å²) in [5.74, 6) is 0.367. The maximum atomic E-state index is 13.1. The van der Waals surface area contributed by atoms with Crippen molar-refractivity contribution in [1.82, 2.24) is 10.2 Å². The SMILES string of the molecule is CCCNC(=O)[C@H](C)N(CCc1ccccc1)C(=O)COc1ccccc1C(C)(C)C. The highest BCUT2D eigenvalue weighted by atomic mass is 16.5. The highest BCUT2D eigenvalue weighted by Gasteiger charge is 2.26. The molecular formula is C26H36N2O3. The lowest BCUT2D eigenvalue weighted by molar-refractivity contribution is -0.141. The zero-order valence-corrected chi connectivity index (χ0v) is 19.5. The molecule has 0 fully saturated rings. The lowest BCUT2D eigenvalue weighted by atomic mass is 9.86. The van der Waals surface area contributed by atoms with E-state index >= 15 is 0 Å². The molecule has 0 unspecified atom stereocenters. The standard InChI is InChI=1S/C26H36N2O3/c1-6-17-27-25(30)20(2)28(18-16-21-12-8-7-9-13-21)24(29)19-31-23-15-11-10-14-22(23)26(3,4)5/h7-15,20H,6,16-19H2,1-5H3,(H,27,30)/t20-/m0/s1. The first-order valence-corrected chi connectivity index (χ1v) is 11.1. The van der Waals surface area contributed by atoms with Crippen LogP contribution in [0.1, 0.15) is 52.2 Å². The highest BCUT2D eigenvalue weighted by molar-refractivity contribution is 5.88. The van der Waals surface area contributed by atoms with E-state index in [-0.39, 0.29) is 23.8 Å². The number of carbonyl (C=O) groups is 2. The molecule has 31 heavy (non-hydrogen) atoms. The summed E-state index contributed by atoms with van der Waals surface area (Å²) in [5.41, 5.74) is 2.08. The molecule has 0 aromatic heterocycles. The van der Waals surface area contributed by atoms with E-state index in [0.717, 1.165) is 17.5 Å². The molecule has 2 amide bonds. The molecule has 1 atom stereocenters. The number of hydrogen-bond donors (Lipinski definition) is 1. The molecule has 2 aromatic carbocycles. The topological polar surface area (TPSA) is 58.6 Å². The molecule has 0 saturated carbocycles. The first-order chi connectivity index (χ1) is 14.7. The Kier molecular flexibility index (Phi) is 9.10. The van der Waals surface area contributed by atoms with Crippen LogP contribution in [0.25, 0.3) is 0 Å². The molecule has 1 N–H and O–H groups in total. The molecule has 2 rings (SSSR count). The van der Waals surface area contributed by atoms with Crippen LogP contribution in [-0.2, 0) is 21.4 Å². The molecule has 168 valence electrons. The van der Waals surface area contributed by atoms with E-state index in [9.17, 15) is 9.59 Å². The minimum absolute atomic E-state index is 0.0973. The Morgan fingerprint density at radius 2 is 1.68 bits per heavy atom. The summed E-state index contributed by atoms with van der Waals surface area (Å²) in [6.45, 7) is 11.1. The van der Waals surface area contributed by atoms with Crippen molar-refractivity contribution in [2.75, 3.05) is 19.7 Å². The second-order valence-corrected chi connectivity index (χ2v) is 8.82. The van der Waals surface area contributed by atoms with Crippen molar-refractivity contribution in [3.63, 3.8) is 0 Å². The number of nitrogens with one attached hydrogen (secondary N) is 1. The Labute approximate surface area is 186 Å². The van der Waals surface area contributed by atoms with Crippen molar-refractivity contribution in [3.05, 3.63) is 65.7 Å². The fraction of sp³-hybridized carbons (Fsp3) is 0.462. The molecule has 0 heterocycles. The second-order valence-electron chi connectivity index (χ2n) is 8.82. The Hall–Kier alpha value is -2.82. The fourth-order valence-corrected chi connectivity index (χ4v) is 3.40. The number of rotatable bonds is 10. The monoisotopic (exact) mass is 424 g/mol. The van der Waals surface area contributed by atoms with Crippen molar-refractivity contribution in [2.45, 2.75) is 58.9 Å². The molecule has 5 heteroatoms. The predicted octanol–water partition coefficient (Wildman–Crippen LogP) is 4.35. The summed E-state index contributed by atoms with van der Waals surface area (Å²) in [5, 5.41) is 2.89. The summed E-state index contributed by atoms with van der Waals surface area (Å²) in [7, 11) is 0. The number of para-hydroxylation sites is 1. The average molecular weight is 425 g/mol. The third kappa shape index (κ3) is 7.42. The van der Waals surface area contributed by atoms with Crippen LogP contribution in [0.2, 0.25) is 0 Å². The summed E-state index contributed by atoms with van der Waals surface area (Å²) < 4.78 is 5.95. The van der Waals surface area contributed by atoms with Gasteiger partial charge < -0.3 is 15.0 Å². The van der Waals surface area contributed by atoms with Gasteiger partial charge in [-0.05, 0) is 42.4 Å². The predicted molar refractivity (Wildman–Crippen MR) is 125 cm³/mol. The van der Waals surface area contributed by atoms with Gasteiger partial charge in [0.25, 0.3) is 5.91 Å². The molecule has 0 aliphatic carbocycles. The van der Waals surface area contributed by atoms with Gasteiger partial charge in [0.15, 0.2) is 6.61 Å². The van der Waals surface area contributed by atoms with Gasteiger partial charge in [0, 0.05) is 13.1 Å². The number of hydrogen-bond acceptors (Lipinski definition) is 3. The summed E-state index contributed by atoms with van der Waals surface area (Å²) in [6, 6.07) is 17.2. The normalized spacial score (nSPS) is 12.2. The fourth-order valence-electron chi connectivity index (χ4n) is 3.40. The quantitative estimate of drug-likeness (QED) is 0.617. The number of ether oxygens (including phenoxy) is 1. The van der Waals surface area contributed by atoms with E-state index in [0.29, 0.717) is 25.3 Å². The number of amides is 2. The largest absolute Gasteiger partial charge is 0.483 e. The van der Waals surface area contributed by atoms with Gasteiger partial charge in [0.2, 0.25) is 5.91 Å². The van der Waals surface area contributed by atoms with Crippen molar-refractivity contribution in [1.29, 1.82) is 0 Å². The van der Waals surface area contributed by atoms with Crippen LogP contribution in [-0.4, -0.2) is 42.5 Å². The van der Waals surface area contributed by atoms with Gasteiger partial charge in [-0.3, -0.25) is 9.59 Å². The number of benzene rings is 2. The number of carbonyl (C=O) groups excluding carboxylic acids is 2. The highest BCUT2D eigenvalue weighted by Crippen LogP contribution is 2.30. The van der Waals surface area contributed by atoms with E-state index in [1.54, 1.807) is 11.8 Å². The molecule has 0 aliphatic rings. The summed E-state index contributed by atoms with van der Waals surface area (Å²) >= 11 is 0. The molecule has 0 radical (unpaired) electrons. The first-order valence-electron chi connectivity index (χ1n) is 11.1. The van der Waals surface area contributed by atoms with E-state index in [2.05, 4.69) is 26.1 Å². The van der Waals surface area contributed by atoms with Crippen LogP contribution < -0.4 is 10.1 Å². The molecule has 0 bridgehead atoms.